The van der Waals surface area contributed by atoms with Crippen LogP contribution in [0.15, 0.2) is 0 Å². The van der Waals surface area contributed by atoms with Gasteiger partial charge in [0.1, 0.15) is 6.61 Å². The first kappa shape index (κ1) is 9.15. The molecule has 1 fully saturated rings. The molecule has 0 aromatic carbocycles. The molecule has 1 aromatic heterocycles. The van der Waals surface area contributed by atoms with E-state index >= 15 is 0 Å². The molecule has 5 nitrogen and oxygen atoms in total. The minimum absolute atomic E-state index is 0.0783. The summed E-state index contributed by atoms with van der Waals surface area (Å²) in [4.78, 5) is 4.25. The maximum atomic E-state index is 9.03. The Hall–Kier alpha value is -1.10. The quantitative estimate of drug-likeness (QED) is 0.759. The number of hydrogen-bond acceptors (Lipinski definition) is 4. The summed E-state index contributed by atoms with van der Waals surface area (Å²) >= 11 is 0. The Kier molecular flexibility index (Phi) is 1.80. The van der Waals surface area contributed by atoms with E-state index in [1.54, 1.807) is 0 Å². The van der Waals surface area contributed by atoms with E-state index in [1.165, 1.54) is 12.8 Å². The van der Waals surface area contributed by atoms with Crippen LogP contribution in [0.4, 0.5) is 5.95 Å². The summed E-state index contributed by atoms with van der Waals surface area (Å²) in [7, 11) is 0. The molecular formula is C10H16N4O. The average molecular weight is 208 g/mol. The first-order valence-corrected chi connectivity index (χ1v) is 5.53. The summed E-state index contributed by atoms with van der Waals surface area (Å²) in [6.07, 6.45) is 3.68. The zero-order valence-corrected chi connectivity index (χ0v) is 8.90. The summed E-state index contributed by atoms with van der Waals surface area (Å²) in [5.41, 5.74) is 0.414. The Morgan fingerprint density at radius 3 is 3.07 bits per heavy atom. The predicted molar refractivity (Wildman–Crippen MR) is 55.4 cm³/mol. The summed E-state index contributed by atoms with van der Waals surface area (Å²) in [6, 6.07) is 0.460. The Morgan fingerprint density at radius 1 is 1.60 bits per heavy atom. The molecule has 2 aliphatic rings. The molecule has 1 saturated carbocycles. The van der Waals surface area contributed by atoms with Crippen molar-refractivity contribution in [3.8, 4) is 0 Å². The van der Waals surface area contributed by atoms with Crippen LogP contribution in [0.3, 0.4) is 0 Å². The van der Waals surface area contributed by atoms with Gasteiger partial charge < -0.3 is 10.4 Å². The summed E-state index contributed by atoms with van der Waals surface area (Å²) in [5, 5.41) is 16.6. The van der Waals surface area contributed by atoms with E-state index in [1.807, 2.05) is 4.68 Å². The minimum Gasteiger partial charge on any atom is -0.388 e. The fourth-order valence-electron chi connectivity index (χ4n) is 2.39. The van der Waals surface area contributed by atoms with Gasteiger partial charge in [0.25, 0.3) is 0 Å². The molecule has 15 heavy (non-hydrogen) atoms. The maximum absolute atomic E-state index is 9.03. The van der Waals surface area contributed by atoms with Gasteiger partial charge in [-0.25, -0.2) is 4.68 Å². The molecule has 0 amide bonds. The largest absolute Gasteiger partial charge is 0.388 e. The molecule has 0 spiro atoms. The lowest BCUT2D eigenvalue weighted by Gasteiger charge is -2.29. The predicted octanol–water partition coefficient (Wildman–Crippen LogP) is 0.927. The molecule has 2 heterocycles. The summed E-state index contributed by atoms with van der Waals surface area (Å²) in [6.45, 7) is 3.20. The van der Waals surface area contributed by atoms with Crippen LogP contribution in [0.1, 0.15) is 38.1 Å². The second-order valence-corrected chi connectivity index (χ2v) is 4.84. The van der Waals surface area contributed by atoms with Gasteiger partial charge in [-0.15, -0.1) is 0 Å². The molecule has 2 N–H and O–H groups in total. The van der Waals surface area contributed by atoms with E-state index in [-0.39, 0.29) is 6.61 Å². The van der Waals surface area contributed by atoms with Crippen molar-refractivity contribution in [2.75, 3.05) is 11.9 Å². The highest BCUT2D eigenvalue weighted by atomic mass is 16.3. The van der Waals surface area contributed by atoms with Crippen LogP contribution in [0.2, 0.25) is 0 Å². The highest BCUT2D eigenvalue weighted by molar-refractivity contribution is 5.29. The Balaban J connectivity index is 1.98. The highest BCUT2D eigenvalue weighted by Crippen LogP contribution is 2.55. The van der Waals surface area contributed by atoms with Gasteiger partial charge in [0.2, 0.25) is 5.95 Å². The third-order valence-corrected chi connectivity index (χ3v) is 3.66. The molecule has 5 heteroatoms. The molecule has 0 radical (unpaired) electrons. The van der Waals surface area contributed by atoms with E-state index in [9.17, 15) is 0 Å². The van der Waals surface area contributed by atoms with E-state index in [0.29, 0.717) is 17.3 Å². The van der Waals surface area contributed by atoms with Crippen LogP contribution in [0, 0.1) is 5.41 Å². The van der Waals surface area contributed by atoms with Crippen LogP contribution in [0.25, 0.3) is 0 Å². The number of aliphatic hydroxyl groups is 1. The number of nitrogens with zero attached hydrogens (tertiary/aromatic N) is 3. The number of fused-ring (bicyclic) bond motifs is 1. The van der Waals surface area contributed by atoms with Crippen molar-refractivity contribution in [2.24, 2.45) is 5.41 Å². The van der Waals surface area contributed by atoms with Gasteiger partial charge in [-0.05, 0) is 24.7 Å². The standard InChI is InChI=1S/C10H16N4O/c1-10(3-4-10)7-2-5-11-9-12-8(6-15)13-14(7)9/h7,15H,2-6H2,1H3,(H,11,12,13). The first-order valence-electron chi connectivity index (χ1n) is 5.53. The number of aromatic nitrogens is 3. The Morgan fingerprint density at radius 2 is 2.40 bits per heavy atom. The molecule has 3 rings (SSSR count). The van der Waals surface area contributed by atoms with Gasteiger partial charge in [0, 0.05) is 6.54 Å². The van der Waals surface area contributed by atoms with Crippen LogP contribution >= 0.6 is 0 Å². The molecule has 0 saturated heterocycles. The van der Waals surface area contributed by atoms with Crippen LogP contribution in [-0.4, -0.2) is 26.4 Å². The van der Waals surface area contributed by atoms with Gasteiger partial charge in [-0.3, -0.25) is 0 Å². The smallest absolute Gasteiger partial charge is 0.221 e. The Labute approximate surface area is 88.5 Å². The lowest BCUT2D eigenvalue weighted by atomic mass is 9.95. The van der Waals surface area contributed by atoms with Gasteiger partial charge in [-0.1, -0.05) is 6.92 Å². The molecule has 1 aliphatic heterocycles. The highest BCUT2D eigenvalue weighted by Gasteiger charge is 2.47. The second-order valence-electron chi connectivity index (χ2n) is 4.84. The molecule has 1 aromatic rings. The first-order chi connectivity index (χ1) is 7.23. The monoisotopic (exact) mass is 208 g/mol. The summed E-state index contributed by atoms with van der Waals surface area (Å²) in [5.74, 6) is 1.34. The molecule has 82 valence electrons. The second kappa shape index (κ2) is 2.95. The topological polar surface area (TPSA) is 63.0 Å². The normalized spacial score (nSPS) is 26.9. The maximum Gasteiger partial charge on any atom is 0.221 e. The van der Waals surface area contributed by atoms with Crippen molar-refractivity contribution in [1.29, 1.82) is 0 Å². The number of rotatable bonds is 2. The van der Waals surface area contributed by atoms with Crippen molar-refractivity contribution in [2.45, 2.75) is 38.8 Å². The number of aliphatic hydroxyl groups excluding tert-OH is 1. The van der Waals surface area contributed by atoms with E-state index in [2.05, 4.69) is 22.3 Å². The van der Waals surface area contributed by atoms with E-state index in [4.69, 9.17) is 5.11 Å². The lowest BCUT2D eigenvalue weighted by molar-refractivity contribution is 0.259. The molecule has 0 bridgehead atoms. The minimum atomic E-state index is -0.0783. The third-order valence-electron chi connectivity index (χ3n) is 3.66. The molecule has 1 aliphatic carbocycles. The number of anilines is 1. The molecular weight excluding hydrogens is 192 g/mol. The van der Waals surface area contributed by atoms with Crippen molar-refractivity contribution < 1.29 is 5.11 Å². The average Bonchev–Trinajstić information content (AvgIpc) is 2.85. The zero-order chi connectivity index (χ0) is 10.5. The van der Waals surface area contributed by atoms with Crippen molar-refractivity contribution in [3.05, 3.63) is 5.82 Å². The molecule has 1 unspecified atom stereocenters. The van der Waals surface area contributed by atoms with Crippen LogP contribution in [-0.2, 0) is 6.61 Å². The van der Waals surface area contributed by atoms with Gasteiger partial charge in [0.05, 0.1) is 6.04 Å². The van der Waals surface area contributed by atoms with Gasteiger partial charge in [-0.2, -0.15) is 10.1 Å². The Bertz CT molecular complexity index is 383. The van der Waals surface area contributed by atoms with Crippen LogP contribution < -0.4 is 5.32 Å². The third kappa shape index (κ3) is 1.33. The zero-order valence-electron chi connectivity index (χ0n) is 8.90. The van der Waals surface area contributed by atoms with Gasteiger partial charge >= 0.3 is 0 Å². The lowest BCUT2D eigenvalue weighted by Crippen LogP contribution is -2.29. The van der Waals surface area contributed by atoms with Crippen molar-refractivity contribution in [3.63, 3.8) is 0 Å². The number of hydrogen-bond donors (Lipinski definition) is 2. The van der Waals surface area contributed by atoms with Crippen molar-refractivity contribution in [1.82, 2.24) is 14.8 Å². The van der Waals surface area contributed by atoms with E-state index in [0.717, 1.165) is 18.9 Å². The number of nitrogens with one attached hydrogen (secondary N) is 1. The van der Waals surface area contributed by atoms with E-state index < -0.39 is 0 Å². The van der Waals surface area contributed by atoms with Crippen LogP contribution in [0.5, 0.6) is 0 Å². The van der Waals surface area contributed by atoms with Crippen molar-refractivity contribution >= 4 is 5.95 Å². The van der Waals surface area contributed by atoms with Gasteiger partial charge in [0.15, 0.2) is 5.82 Å². The molecule has 1 atom stereocenters. The SMILES string of the molecule is CC1(C2CCNc3nc(CO)nn32)CC1. The fraction of sp³-hybridized carbons (Fsp3) is 0.800. The summed E-state index contributed by atoms with van der Waals surface area (Å²) < 4.78 is 1.97. The fourth-order valence-corrected chi connectivity index (χ4v) is 2.39.